The van der Waals surface area contributed by atoms with Crippen LogP contribution in [0.2, 0.25) is 0 Å². The SMILES string of the molecule is COC1O[C@@H]2[C@H](O1)[C@@H](COC(=O)[C@@H](N)C(C)C)O[C@H]2c1nc(C(N)=O)ns1. The third kappa shape index (κ3) is 4.10. The van der Waals surface area contributed by atoms with Crippen LogP contribution >= 0.6 is 11.5 Å². The van der Waals surface area contributed by atoms with E-state index in [0.717, 1.165) is 11.5 Å². The third-order valence-electron chi connectivity index (χ3n) is 4.32. The Hall–Kier alpha value is -1.70. The topological polar surface area (TPSA) is 158 Å². The molecular weight excluding hydrogens is 380 g/mol. The molecular formula is C15H22N4O7S. The molecule has 0 aromatic carbocycles. The van der Waals surface area contributed by atoms with Crippen LogP contribution in [0.1, 0.15) is 35.6 Å². The fraction of sp³-hybridized carbons (Fsp3) is 0.733. The highest BCUT2D eigenvalue weighted by atomic mass is 32.1. The molecule has 2 aliphatic rings. The molecule has 0 saturated carbocycles. The van der Waals surface area contributed by atoms with E-state index < -0.39 is 48.8 Å². The second-order valence-corrected chi connectivity index (χ2v) is 7.32. The molecule has 2 aliphatic heterocycles. The zero-order valence-corrected chi connectivity index (χ0v) is 15.9. The van der Waals surface area contributed by atoms with Crippen molar-refractivity contribution >= 4 is 23.4 Å². The number of nitrogens with zero attached hydrogens (tertiary/aromatic N) is 2. The number of ether oxygens (including phenoxy) is 5. The van der Waals surface area contributed by atoms with Crippen molar-refractivity contribution in [2.75, 3.05) is 13.7 Å². The number of methoxy groups -OCH3 is 1. The Kier molecular flexibility index (Phi) is 6.03. The summed E-state index contributed by atoms with van der Waals surface area (Å²) in [5.74, 6) is -1.42. The van der Waals surface area contributed by atoms with Crippen molar-refractivity contribution < 1.29 is 33.3 Å². The van der Waals surface area contributed by atoms with E-state index >= 15 is 0 Å². The molecule has 1 aromatic rings. The zero-order chi connectivity index (χ0) is 19.7. The van der Waals surface area contributed by atoms with Gasteiger partial charge in [-0.05, 0) is 17.5 Å². The van der Waals surface area contributed by atoms with Gasteiger partial charge in [0.15, 0.2) is 0 Å². The van der Waals surface area contributed by atoms with Crippen LogP contribution in [0.5, 0.6) is 0 Å². The van der Waals surface area contributed by atoms with Gasteiger partial charge in [-0.25, -0.2) is 4.98 Å². The molecule has 150 valence electrons. The fourth-order valence-electron chi connectivity index (χ4n) is 2.76. The van der Waals surface area contributed by atoms with Gasteiger partial charge in [0.05, 0.1) is 0 Å². The number of rotatable bonds is 7. The summed E-state index contributed by atoms with van der Waals surface area (Å²) in [6.45, 7) is 2.70. The lowest BCUT2D eigenvalue weighted by Crippen LogP contribution is -2.40. The first kappa shape index (κ1) is 20.0. The minimum atomic E-state index is -0.883. The maximum absolute atomic E-state index is 12.0. The van der Waals surface area contributed by atoms with E-state index in [1.807, 2.05) is 13.8 Å². The molecule has 27 heavy (non-hydrogen) atoms. The van der Waals surface area contributed by atoms with Gasteiger partial charge in [-0.15, -0.1) is 0 Å². The van der Waals surface area contributed by atoms with Crippen LogP contribution in [-0.4, -0.2) is 65.8 Å². The molecule has 0 bridgehead atoms. The third-order valence-corrected chi connectivity index (χ3v) is 5.10. The van der Waals surface area contributed by atoms with Crippen LogP contribution in [0.25, 0.3) is 0 Å². The molecule has 6 atom stereocenters. The first-order valence-corrected chi connectivity index (χ1v) is 9.14. The molecule has 0 aliphatic carbocycles. The first-order chi connectivity index (χ1) is 12.8. The van der Waals surface area contributed by atoms with E-state index in [1.54, 1.807) is 0 Å². The largest absolute Gasteiger partial charge is 0.462 e. The zero-order valence-electron chi connectivity index (χ0n) is 15.1. The number of nitrogens with two attached hydrogens (primary N) is 2. The van der Waals surface area contributed by atoms with Gasteiger partial charge >= 0.3 is 5.97 Å². The standard InChI is InChI=1S/C15H22N4O7S/c1-5(2)7(16)14(21)23-4-6-8-9(26-15(22-3)25-8)10(24-6)13-18-12(11(17)20)19-27-13/h5-10,15H,4,16H2,1-3H3,(H2,17,20)/t6-,7+,8-,9-,10-,15?/m1/s1. The van der Waals surface area contributed by atoms with E-state index in [-0.39, 0.29) is 18.3 Å². The number of carbonyl (C=O) groups excluding carboxylic acids is 2. The van der Waals surface area contributed by atoms with E-state index in [4.69, 9.17) is 35.2 Å². The van der Waals surface area contributed by atoms with Gasteiger partial charge < -0.3 is 35.2 Å². The van der Waals surface area contributed by atoms with Crippen LogP contribution in [0, 0.1) is 5.92 Å². The van der Waals surface area contributed by atoms with Gasteiger partial charge in [0, 0.05) is 7.11 Å². The molecule has 11 nitrogen and oxygen atoms in total. The summed E-state index contributed by atoms with van der Waals surface area (Å²) in [4.78, 5) is 27.3. The van der Waals surface area contributed by atoms with Crippen molar-refractivity contribution in [3.05, 3.63) is 10.8 Å². The Labute approximate surface area is 159 Å². The van der Waals surface area contributed by atoms with Crippen molar-refractivity contribution in [2.24, 2.45) is 17.4 Å². The normalized spacial score (nSPS) is 31.1. The molecule has 3 heterocycles. The summed E-state index contributed by atoms with van der Waals surface area (Å²) in [6, 6.07) is -0.730. The summed E-state index contributed by atoms with van der Waals surface area (Å²) < 4.78 is 31.5. The predicted molar refractivity (Wildman–Crippen MR) is 90.4 cm³/mol. The average molecular weight is 402 g/mol. The Morgan fingerprint density at radius 3 is 2.56 bits per heavy atom. The summed E-state index contributed by atoms with van der Waals surface area (Å²) in [5, 5.41) is 0.409. The number of carbonyl (C=O) groups is 2. The summed E-state index contributed by atoms with van der Waals surface area (Å²) >= 11 is 0.977. The predicted octanol–water partition coefficient (Wildman–Crippen LogP) is -0.683. The number of aromatic nitrogens is 2. The molecule has 1 unspecified atom stereocenters. The Morgan fingerprint density at radius 2 is 1.96 bits per heavy atom. The van der Waals surface area contributed by atoms with Crippen molar-refractivity contribution in [3.8, 4) is 0 Å². The monoisotopic (exact) mass is 402 g/mol. The summed E-state index contributed by atoms with van der Waals surface area (Å²) in [6.07, 6.45) is -2.40. The summed E-state index contributed by atoms with van der Waals surface area (Å²) in [7, 11) is 1.44. The maximum Gasteiger partial charge on any atom is 0.323 e. The number of hydrogen-bond donors (Lipinski definition) is 2. The Bertz CT molecular complexity index is 699. The molecule has 4 N–H and O–H groups in total. The lowest BCUT2D eigenvalue weighted by atomic mass is 10.1. The lowest BCUT2D eigenvalue weighted by Gasteiger charge is -2.20. The smallest absolute Gasteiger partial charge is 0.323 e. The Morgan fingerprint density at radius 1 is 1.26 bits per heavy atom. The second kappa shape index (κ2) is 8.12. The van der Waals surface area contributed by atoms with E-state index in [2.05, 4.69) is 9.36 Å². The van der Waals surface area contributed by atoms with Gasteiger partial charge in [-0.2, -0.15) is 4.37 Å². The molecule has 2 saturated heterocycles. The molecule has 12 heteroatoms. The van der Waals surface area contributed by atoms with Crippen molar-refractivity contribution in [1.29, 1.82) is 0 Å². The number of esters is 1. The van der Waals surface area contributed by atoms with E-state index in [1.165, 1.54) is 7.11 Å². The molecule has 0 spiro atoms. The van der Waals surface area contributed by atoms with Gasteiger partial charge in [-0.1, -0.05) is 13.8 Å². The van der Waals surface area contributed by atoms with Gasteiger partial charge in [0.1, 0.15) is 42.1 Å². The number of fused-ring (bicyclic) bond motifs is 1. The van der Waals surface area contributed by atoms with Crippen LogP contribution in [0.4, 0.5) is 0 Å². The van der Waals surface area contributed by atoms with Crippen LogP contribution in [0.15, 0.2) is 0 Å². The van der Waals surface area contributed by atoms with Crippen LogP contribution in [0.3, 0.4) is 0 Å². The summed E-state index contributed by atoms with van der Waals surface area (Å²) in [5.41, 5.74) is 11.0. The van der Waals surface area contributed by atoms with Crippen molar-refractivity contribution in [1.82, 2.24) is 9.36 Å². The lowest BCUT2D eigenvalue weighted by molar-refractivity contribution is -0.252. The van der Waals surface area contributed by atoms with Crippen molar-refractivity contribution in [3.63, 3.8) is 0 Å². The van der Waals surface area contributed by atoms with Crippen LogP contribution < -0.4 is 11.5 Å². The number of primary amides is 1. The molecule has 2 fully saturated rings. The molecule has 0 radical (unpaired) electrons. The fourth-order valence-corrected chi connectivity index (χ4v) is 3.49. The maximum atomic E-state index is 12.0. The molecule has 1 amide bonds. The number of hydrogen-bond acceptors (Lipinski definition) is 11. The highest BCUT2D eigenvalue weighted by molar-refractivity contribution is 7.05. The molecule has 3 rings (SSSR count). The van der Waals surface area contributed by atoms with E-state index in [0.29, 0.717) is 5.01 Å². The average Bonchev–Trinajstić information content (AvgIpc) is 3.33. The van der Waals surface area contributed by atoms with Gasteiger partial charge in [0.2, 0.25) is 5.82 Å². The Balaban J connectivity index is 1.71. The molecule has 1 aromatic heterocycles. The van der Waals surface area contributed by atoms with Gasteiger partial charge in [-0.3, -0.25) is 9.59 Å². The highest BCUT2D eigenvalue weighted by Gasteiger charge is 2.55. The van der Waals surface area contributed by atoms with Gasteiger partial charge in [0.25, 0.3) is 12.4 Å². The van der Waals surface area contributed by atoms with Crippen LogP contribution in [-0.2, 0) is 28.5 Å². The first-order valence-electron chi connectivity index (χ1n) is 8.36. The minimum absolute atomic E-state index is 0.0555. The minimum Gasteiger partial charge on any atom is -0.462 e. The second-order valence-electron chi connectivity index (χ2n) is 6.54. The van der Waals surface area contributed by atoms with E-state index in [9.17, 15) is 9.59 Å². The van der Waals surface area contributed by atoms with Crippen molar-refractivity contribution in [2.45, 2.75) is 50.8 Å². The number of amides is 1. The quantitative estimate of drug-likeness (QED) is 0.559. The highest BCUT2D eigenvalue weighted by Crippen LogP contribution is 2.42.